The third-order valence-electron chi connectivity index (χ3n) is 2.34. The number of carboxylic acids is 1. The van der Waals surface area contributed by atoms with E-state index in [1.807, 2.05) is 0 Å². The maximum Gasteiger partial charge on any atom is 0.332 e. The van der Waals surface area contributed by atoms with Gasteiger partial charge in [-0.1, -0.05) is 0 Å². The maximum atomic E-state index is 12.9. The lowest BCUT2D eigenvalue weighted by Crippen LogP contribution is -2.33. The topological polar surface area (TPSA) is 122 Å². The van der Waals surface area contributed by atoms with E-state index in [0.717, 1.165) is 12.1 Å². The number of aliphatic hydroxyl groups excluding tert-OH is 1. The Balaban J connectivity index is 2.51. The van der Waals surface area contributed by atoms with Crippen LogP contribution in [0.4, 0.5) is 14.9 Å². The van der Waals surface area contributed by atoms with Crippen molar-refractivity contribution in [3.05, 3.63) is 29.6 Å². The third-order valence-corrected chi connectivity index (χ3v) is 2.34. The van der Waals surface area contributed by atoms with Crippen LogP contribution in [0.25, 0.3) is 0 Å². The van der Waals surface area contributed by atoms with Gasteiger partial charge in [0.05, 0.1) is 11.3 Å². The van der Waals surface area contributed by atoms with Gasteiger partial charge >= 0.3 is 12.0 Å². The van der Waals surface area contributed by atoms with Crippen molar-refractivity contribution in [3.8, 4) is 6.07 Å². The molecule has 106 valence electrons. The second-order valence-electron chi connectivity index (χ2n) is 3.83. The summed E-state index contributed by atoms with van der Waals surface area (Å²) in [5.74, 6) is -1.98. The summed E-state index contributed by atoms with van der Waals surface area (Å²) in [6.45, 7) is -0.0671. The average Bonchev–Trinajstić information content (AvgIpc) is 2.40. The van der Waals surface area contributed by atoms with Crippen LogP contribution in [0.2, 0.25) is 0 Å². The molecule has 0 saturated carbocycles. The highest BCUT2D eigenvalue weighted by molar-refractivity contribution is 5.90. The molecule has 1 aromatic rings. The van der Waals surface area contributed by atoms with Gasteiger partial charge in [-0.25, -0.2) is 14.0 Å². The van der Waals surface area contributed by atoms with Gasteiger partial charge in [0.25, 0.3) is 0 Å². The van der Waals surface area contributed by atoms with E-state index in [1.165, 1.54) is 6.07 Å². The number of carboxylic acid groups (broad SMARTS) is 1. The predicted molar refractivity (Wildman–Crippen MR) is 66.4 cm³/mol. The van der Waals surface area contributed by atoms with Crippen molar-refractivity contribution >= 4 is 17.7 Å². The summed E-state index contributed by atoms with van der Waals surface area (Å²) < 4.78 is 12.9. The molecule has 0 aliphatic rings. The van der Waals surface area contributed by atoms with Crippen molar-refractivity contribution in [2.24, 2.45) is 0 Å². The number of hydrogen-bond acceptors (Lipinski definition) is 4. The lowest BCUT2D eigenvalue weighted by molar-refractivity contribution is -0.146. The number of anilines is 1. The summed E-state index contributed by atoms with van der Waals surface area (Å²) in [5, 5.41) is 30.8. The first-order valence-electron chi connectivity index (χ1n) is 5.59. The molecule has 20 heavy (non-hydrogen) atoms. The zero-order valence-corrected chi connectivity index (χ0v) is 10.3. The van der Waals surface area contributed by atoms with E-state index in [0.29, 0.717) is 0 Å². The van der Waals surface area contributed by atoms with E-state index in [-0.39, 0.29) is 24.2 Å². The molecule has 1 atom stereocenters. The Hall–Kier alpha value is -2.66. The molecule has 0 bridgehead atoms. The van der Waals surface area contributed by atoms with Crippen molar-refractivity contribution in [2.45, 2.75) is 12.5 Å². The molecule has 7 nitrogen and oxygen atoms in total. The number of carbonyl (C=O) groups is 2. The van der Waals surface area contributed by atoms with Crippen LogP contribution in [0.1, 0.15) is 12.0 Å². The number of aliphatic carboxylic acids is 1. The predicted octanol–water partition coefficient (Wildman–Crippen LogP) is 0.654. The number of halogens is 1. The molecule has 0 fully saturated rings. The van der Waals surface area contributed by atoms with Gasteiger partial charge in [-0.05, 0) is 18.2 Å². The standard InChI is InChI=1S/C12H12FN3O4/c13-8-1-2-9(7(5-8)6-14)16-12(20)15-4-3-10(17)11(18)19/h1-2,5,10,17H,3-4H2,(H,18,19)(H2,15,16,20). The molecule has 0 spiro atoms. The number of amides is 2. The van der Waals surface area contributed by atoms with Gasteiger partial charge in [-0.3, -0.25) is 0 Å². The third kappa shape index (κ3) is 4.55. The number of carbonyl (C=O) groups excluding carboxylic acids is 1. The fourth-order valence-corrected chi connectivity index (χ4v) is 1.33. The first-order valence-corrected chi connectivity index (χ1v) is 5.59. The van der Waals surface area contributed by atoms with E-state index in [1.54, 1.807) is 6.07 Å². The van der Waals surface area contributed by atoms with Crippen LogP contribution in [0.15, 0.2) is 18.2 Å². The molecule has 8 heteroatoms. The normalized spacial score (nSPS) is 11.2. The van der Waals surface area contributed by atoms with Crippen molar-refractivity contribution in [1.82, 2.24) is 5.32 Å². The summed E-state index contributed by atoms with van der Waals surface area (Å²) in [6.07, 6.45) is -1.71. The average molecular weight is 281 g/mol. The highest BCUT2D eigenvalue weighted by atomic mass is 19.1. The molecule has 1 unspecified atom stereocenters. The number of benzene rings is 1. The van der Waals surface area contributed by atoms with Gasteiger partial charge in [-0.2, -0.15) is 5.26 Å². The van der Waals surface area contributed by atoms with Gasteiger partial charge in [0, 0.05) is 13.0 Å². The van der Waals surface area contributed by atoms with Gasteiger partial charge in [0.2, 0.25) is 0 Å². The van der Waals surface area contributed by atoms with Crippen LogP contribution in [0, 0.1) is 17.1 Å². The summed E-state index contributed by atoms with van der Waals surface area (Å²) in [4.78, 5) is 21.8. The highest BCUT2D eigenvalue weighted by Crippen LogP contribution is 2.15. The van der Waals surface area contributed by atoms with E-state index >= 15 is 0 Å². The smallest absolute Gasteiger partial charge is 0.332 e. The summed E-state index contributed by atoms with van der Waals surface area (Å²) in [5.41, 5.74) is 0.0934. The lowest BCUT2D eigenvalue weighted by Gasteiger charge is -2.10. The minimum atomic E-state index is -1.56. The Labute approximate surface area is 113 Å². The Kier molecular flexibility index (Phi) is 5.43. The molecule has 0 radical (unpaired) electrons. The van der Waals surface area contributed by atoms with Gasteiger partial charge in [0.15, 0.2) is 6.10 Å². The number of hydrogen-bond donors (Lipinski definition) is 4. The van der Waals surface area contributed by atoms with Crippen molar-refractivity contribution in [1.29, 1.82) is 5.26 Å². The maximum absolute atomic E-state index is 12.9. The monoisotopic (exact) mass is 281 g/mol. The first kappa shape index (κ1) is 15.4. The second-order valence-corrected chi connectivity index (χ2v) is 3.83. The van der Waals surface area contributed by atoms with Gasteiger partial charge in [0.1, 0.15) is 11.9 Å². The Morgan fingerprint density at radius 2 is 2.15 bits per heavy atom. The molecule has 0 heterocycles. The van der Waals surface area contributed by atoms with E-state index < -0.39 is 23.9 Å². The number of nitriles is 1. The van der Waals surface area contributed by atoms with Crippen LogP contribution >= 0.6 is 0 Å². The van der Waals surface area contributed by atoms with Crippen molar-refractivity contribution in [3.63, 3.8) is 0 Å². The fraction of sp³-hybridized carbons (Fsp3) is 0.250. The number of rotatable bonds is 5. The molecule has 0 saturated heterocycles. The minimum Gasteiger partial charge on any atom is -0.479 e. The molecular formula is C12H12FN3O4. The van der Waals surface area contributed by atoms with Gasteiger partial charge < -0.3 is 20.8 Å². The SMILES string of the molecule is N#Cc1cc(F)ccc1NC(=O)NCCC(O)C(=O)O. The molecule has 1 aromatic carbocycles. The Morgan fingerprint density at radius 3 is 2.75 bits per heavy atom. The summed E-state index contributed by atoms with van der Waals surface area (Å²) >= 11 is 0. The zero-order chi connectivity index (χ0) is 15.1. The summed E-state index contributed by atoms with van der Waals surface area (Å²) in [7, 11) is 0. The summed E-state index contributed by atoms with van der Waals surface area (Å²) in [6, 6.07) is 4.34. The molecular weight excluding hydrogens is 269 g/mol. The largest absolute Gasteiger partial charge is 0.479 e. The minimum absolute atomic E-state index is 0.0364. The van der Waals surface area contributed by atoms with E-state index in [4.69, 9.17) is 15.5 Å². The molecule has 4 N–H and O–H groups in total. The zero-order valence-electron chi connectivity index (χ0n) is 10.3. The molecule has 2 amide bonds. The highest BCUT2D eigenvalue weighted by Gasteiger charge is 2.13. The van der Waals surface area contributed by atoms with Crippen LogP contribution in [0.5, 0.6) is 0 Å². The van der Waals surface area contributed by atoms with Crippen LogP contribution in [-0.4, -0.2) is 34.9 Å². The number of urea groups is 1. The second kappa shape index (κ2) is 7.06. The molecule has 0 aliphatic heterocycles. The molecule has 1 rings (SSSR count). The number of nitrogens with one attached hydrogen (secondary N) is 2. The van der Waals surface area contributed by atoms with E-state index in [9.17, 15) is 14.0 Å². The lowest BCUT2D eigenvalue weighted by atomic mass is 10.2. The Morgan fingerprint density at radius 1 is 1.45 bits per heavy atom. The quantitative estimate of drug-likeness (QED) is 0.631. The van der Waals surface area contributed by atoms with Crippen molar-refractivity contribution in [2.75, 3.05) is 11.9 Å². The van der Waals surface area contributed by atoms with Gasteiger partial charge in [-0.15, -0.1) is 0 Å². The van der Waals surface area contributed by atoms with Crippen LogP contribution in [0.3, 0.4) is 0 Å². The molecule has 0 aromatic heterocycles. The van der Waals surface area contributed by atoms with Crippen LogP contribution in [-0.2, 0) is 4.79 Å². The van der Waals surface area contributed by atoms with Crippen LogP contribution < -0.4 is 10.6 Å². The number of aliphatic hydroxyl groups is 1. The van der Waals surface area contributed by atoms with E-state index in [2.05, 4.69) is 10.6 Å². The first-order chi connectivity index (χ1) is 9.43. The molecule has 0 aliphatic carbocycles. The number of nitrogens with zero attached hydrogens (tertiary/aromatic N) is 1. The Bertz CT molecular complexity index is 556. The van der Waals surface area contributed by atoms with Crippen molar-refractivity contribution < 1.29 is 24.2 Å². The fourth-order valence-electron chi connectivity index (χ4n) is 1.33.